The summed E-state index contributed by atoms with van der Waals surface area (Å²) in [6.07, 6.45) is 4.11. The summed E-state index contributed by atoms with van der Waals surface area (Å²) in [7, 11) is 5.66. The number of hydrogen-bond donors (Lipinski definition) is 1. The summed E-state index contributed by atoms with van der Waals surface area (Å²) in [5.41, 5.74) is 0.625. The predicted octanol–water partition coefficient (Wildman–Crippen LogP) is 1.54. The standard InChI is InChI=1S/C15H24N4O/c1-18(2)15(20)13-4-5-14(17-11-13)16-10-12-6-8-19(3)9-7-12/h4-5,11-12H,6-10H2,1-3H3,(H,16,17). The van der Waals surface area contributed by atoms with Crippen molar-refractivity contribution in [1.82, 2.24) is 14.8 Å². The maximum Gasteiger partial charge on any atom is 0.254 e. The third-order valence-electron chi connectivity index (χ3n) is 3.83. The number of anilines is 1. The number of piperidine rings is 1. The fraction of sp³-hybridized carbons (Fsp3) is 0.600. The van der Waals surface area contributed by atoms with E-state index in [9.17, 15) is 4.79 Å². The van der Waals surface area contributed by atoms with Crippen LogP contribution in [-0.2, 0) is 0 Å². The number of rotatable bonds is 4. The highest BCUT2D eigenvalue weighted by atomic mass is 16.2. The Kier molecular flexibility index (Phi) is 4.95. The van der Waals surface area contributed by atoms with Crippen LogP contribution in [0.15, 0.2) is 18.3 Å². The van der Waals surface area contributed by atoms with Crippen LogP contribution in [-0.4, -0.2) is 61.5 Å². The molecule has 1 amide bonds. The van der Waals surface area contributed by atoms with Crippen molar-refractivity contribution in [3.8, 4) is 0 Å². The molecule has 110 valence electrons. The highest BCUT2D eigenvalue weighted by Crippen LogP contribution is 2.16. The van der Waals surface area contributed by atoms with E-state index >= 15 is 0 Å². The summed E-state index contributed by atoms with van der Waals surface area (Å²) >= 11 is 0. The Morgan fingerprint density at radius 1 is 1.40 bits per heavy atom. The molecule has 2 rings (SSSR count). The second-order valence-corrected chi connectivity index (χ2v) is 5.76. The van der Waals surface area contributed by atoms with E-state index in [1.165, 1.54) is 25.9 Å². The van der Waals surface area contributed by atoms with Gasteiger partial charge in [-0.15, -0.1) is 0 Å². The first-order valence-corrected chi connectivity index (χ1v) is 7.16. The molecule has 0 unspecified atom stereocenters. The van der Waals surface area contributed by atoms with Crippen molar-refractivity contribution >= 4 is 11.7 Å². The Morgan fingerprint density at radius 2 is 2.10 bits per heavy atom. The number of likely N-dealkylation sites (tertiary alicyclic amines) is 1. The molecule has 1 aliphatic rings. The molecule has 0 saturated carbocycles. The van der Waals surface area contributed by atoms with E-state index < -0.39 is 0 Å². The molecule has 1 aromatic rings. The van der Waals surface area contributed by atoms with Crippen LogP contribution < -0.4 is 5.32 Å². The lowest BCUT2D eigenvalue weighted by molar-refractivity contribution is 0.0827. The summed E-state index contributed by atoms with van der Waals surface area (Å²) in [4.78, 5) is 20.0. The quantitative estimate of drug-likeness (QED) is 0.906. The maximum absolute atomic E-state index is 11.8. The van der Waals surface area contributed by atoms with Gasteiger partial charge in [-0.05, 0) is 51.0 Å². The van der Waals surface area contributed by atoms with Gasteiger partial charge in [0, 0.05) is 26.8 Å². The van der Waals surface area contributed by atoms with Gasteiger partial charge in [0.05, 0.1) is 5.56 Å². The molecule has 1 aromatic heterocycles. The molecule has 0 aliphatic carbocycles. The van der Waals surface area contributed by atoms with E-state index in [-0.39, 0.29) is 5.91 Å². The lowest BCUT2D eigenvalue weighted by atomic mass is 9.97. The minimum atomic E-state index is -0.0145. The largest absolute Gasteiger partial charge is 0.370 e. The average Bonchev–Trinajstić information content (AvgIpc) is 2.46. The van der Waals surface area contributed by atoms with E-state index in [0.29, 0.717) is 5.56 Å². The number of amides is 1. The molecule has 5 nitrogen and oxygen atoms in total. The molecule has 0 atom stereocenters. The molecule has 1 N–H and O–H groups in total. The number of hydrogen-bond acceptors (Lipinski definition) is 4. The van der Waals surface area contributed by atoms with E-state index in [1.54, 1.807) is 25.2 Å². The second kappa shape index (κ2) is 6.70. The van der Waals surface area contributed by atoms with Gasteiger partial charge in [0.1, 0.15) is 5.82 Å². The zero-order chi connectivity index (χ0) is 14.5. The third kappa shape index (κ3) is 3.93. The molecule has 5 heteroatoms. The van der Waals surface area contributed by atoms with Crippen molar-refractivity contribution < 1.29 is 4.79 Å². The molecular formula is C15H24N4O. The van der Waals surface area contributed by atoms with Crippen LogP contribution in [0.1, 0.15) is 23.2 Å². The molecule has 0 spiro atoms. The SMILES string of the molecule is CN1CCC(CNc2ccc(C(=O)N(C)C)cn2)CC1. The Bertz CT molecular complexity index is 436. The fourth-order valence-electron chi connectivity index (χ4n) is 2.40. The first kappa shape index (κ1) is 14.8. The molecule has 1 fully saturated rings. The van der Waals surface area contributed by atoms with Crippen molar-refractivity contribution in [1.29, 1.82) is 0 Å². The smallest absolute Gasteiger partial charge is 0.254 e. The maximum atomic E-state index is 11.8. The van der Waals surface area contributed by atoms with Gasteiger partial charge < -0.3 is 15.1 Å². The zero-order valence-electron chi connectivity index (χ0n) is 12.6. The van der Waals surface area contributed by atoms with E-state index in [2.05, 4.69) is 22.2 Å². The molecule has 20 heavy (non-hydrogen) atoms. The molecule has 2 heterocycles. The van der Waals surface area contributed by atoms with Crippen molar-refractivity contribution in [2.24, 2.45) is 5.92 Å². The monoisotopic (exact) mass is 276 g/mol. The summed E-state index contributed by atoms with van der Waals surface area (Å²) in [6, 6.07) is 3.71. The predicted molar refractivity (Wildman–Crippen MR) is 81.0 cm³/mol. The summed E-state index contributed by atoms with van der Waals surface area (Å²) in [6.45, 7) is 3.31. The minimum absolute atomic E-state index is 0.0145. The summed E-state index contributed by atoms with van der Waals surface area (Å²) < 4.78 is 0. The van der Waals surface area contributed by atoms with Gasteiger partial charge in [-0.1, -0.05) is 0 Å². The first-order chi connectivity index (χ1) is 9.56. The Labute approximate surface area is 121 Å². The van der Waals surface area contributed by atoms with E-state index in [0.717, 1.165) is 18.3 Å². The third-order valence-corrected chi connectivity index (χ3v) is 3.83. The van der Waals surface area contributed by atoms with Gasteiger partial charge in [0.15, 0.2) is 0 Å². The van der Waals surface area contributed by atoms with Gasteiger partial charge in [-0.25, -0.2) is 4.98 Å². The van der Waals surface area contributed by atoms with Crippen LogP contribution in [0.25, 0.3) is 0 Å². The van der Waals surface area contributed by atoms with E-state index in [4.69, 9.17) is 0 Å². The molecule has 0 radical (unpaired) electrons. The van der Waals surface area contributed by atoms with Gasteiger partial charge >= 0.3 is 0 Å². The molecule has 1 saturated heterocycles. The second-order valence-electron chi connectivity index (χ2n) is 5.76. The van der Waals surface area contributed by atoms with Crippen LogP contribution in [0, 0.1) is 5.92 Å². The Balaban J connectivity index is 1.83. The number of nitrogens with one attached hydrogen (secondary N) is 1. The average molecular weight is 276 g/mol. The van der Waals surface area contributed by atoms with Crippen LogP contribution >= 0.6 is 0 Å². The number of aromatic nitrogens is 1. The number of carbonyl (C=O) groups is 1. The molecule has 0 bridgehead atoms. The molecule has 1 aliphatic heterocycles. The van der Waals surface area contributed by atoms with Gasteiger partial charge in [0.25, 0.3) is 5.91 Å². The van der Waals surface area contributed by atoms with Crippen molar-refractivity contribution in [2.45, 2.75) is 12.8 Å². The van der Waals surface area contributed by atoms with Crippen LogP contribution in [0.4, 0.5) is 5.82 Å². The number of carbonyl (C=O) groups excluding carboxylic acids is 1. The fourth-order valence-corrected chi connectivity index (χ4v) is 2.40. The minimum Gasteiger partial charge on any atom is -0.370 e. The topological polar surface area (TPSA) is 48.5 Å². The van der Waals surface area contributed by atoms with Crippen LogP contribution in [0.5, 0.6) is 0 Å². The van der Waals surface area contributed by atoms with Crippen molar-refractivity contribution in [3.63, 3.8) is 0 Å². The Morgan fingerprint density at radius 3 is 2.65 bits per heavy atom. The van der Waals surface area contributed by atoms with Gasteiger partial charge in [-0.3, -0.25) is 4.79 Å². The summed E-state index contributed by atoms with van der Waals surface area (Å²) in [5.74, 6) is 1.55. The summed E-state index contributed by atoms with van der Waals surface area (Å²) in [5, 5.41) is 3.37. The van der Waals surface area contributed by atoms with Crippen molar-refractivity contribution in [3.05, 3.63) is 23.9 Å². The first-order valence-electron chi connectivity index (χ1n) is 7.16. The Hall–Kier alpha value is -1.62. The van der Waals surface area contributed by atoms with Crippen LogP contribution in [0.3, 0.4) is 0 Å². The van der Waals surface area contributed by atoms with Gasteiger partial charge in [0.2, 0.25) is 0 Å². The highest BCUT2D eigenvalue weighted by Gasteiger charge is 2.16. The highest BCUT2D eigenvalue weighted by molar-refractivity contribution is 5.93. The number of pyridine rings is 1. The number of nitrogens with zero attached hydrogens (tertiary/aromatic N) is 3. The normalized spacial score (nSPS) is 16.9. The molecule has 0 aromatic carbocycles. The molecular weight excluding hydrogens is 252 g/mol. The van der Waals surface area contributed by atoms with Crippen molar-refractivity contribution in [2.75, 3.05) is 46.1 Å². The zero-order valence-corrected chi connectivity index (χ0v) is 12.6. The lowest BCUT2D eigenvalue weighted by Gasteiger charge is -2.29. The van der Waals surface area contributed by atoms with E-state index in [1.807, 2.05) is 12.1 Å². The lowest BCUT2D eigenvalue weighted by Crippen LogP contribution is -2.33. The van der Waals surface area contributed by atoms with Gasteiger partial charge in [-0.2, -0.15) is 0 Å². The van der Waals surface area contributed by atoms with Crippen LogP contribution in [0.2, 0.25) is 0 Å².